The van der Waals surface area contributed by atoms with E-state index in [1.807, 2.05) is 0 Å². The van der Waals surface area contributed by atoms with Crippen LogP contribution in [0.15, 0.2) is 12.7 Å². The summed E-state index contributed by atoms with van der Waals surface area (Å²) in [6, 6.07) is 0. The van der Waals surface area contributed by atoms with Crippen LogP contribution < -0.4 is 0 Å². The molecule has 0 aliphatic rings. The minimum Gasteiger partial charge on any atom is -0.103 e. The van der Waals surface area contributed by atoms with Gasteiger partial charge in [0.05, 0.1) is 0 Å². The average molecular weight is 238 g/mol. The van der Waals surface area contributed by atoms with Crippen molar-refractivity contribution in [2.75, 3.05) is 0 Å². The van der Waals surface area contributed by atoms with E-state index in [1.54, 1.807) is 0 Å². The predicted molar refractivity (Wildman–Crippen MR) is 80.2 cm³/mol. The van der Waals surface area contributed by atoms with Gasteiger partial charge in [0.15, 0.2) is 0 Å². The Morgan fingerprint density at radius 3 is 1.76 bits per heavy atom. The second-order valence-corrected chi connectivity index (χ2v) is 6.30. The molecule has 0 nitrogen and oxygen atoms in total. The fourth-order valence-electron chi connectivity index (χ4n) is 3.14. The highest BCUT2D eigenvalue weighted by atomic mass is 14.4. The Balaban J connectivity index is 5.12. The van der Waals surface area contributed by atoms with Gasteiger partial charge in [0.1, 0.15) is 0 Å². The number of hydrogen-bond donors (Lipinski definition) is 0. The summed E-state index contributed by atoms with van der Waals surface area (Å²) >= 11 is 0. The molecule has 0 saturated heterocycles. The van der Waals surface area contributed by atoms with Crippen LogP contribution in [0.4, 0.5) is 0 Å². The Hall–Kier alpha value is -0.260. The molecule has 0 spiro atoms. The first-order valence-corrected chi connectivity index (χ1v) is 7.50. The maximum atomic E-state index is 4.13. The molecule has 0 radical (unpaired) electrons. The summed E-state index contributed by atoms with van der Waals surface area (Å²) in [4.78, 5) is 0. The summed E-state index contributed by atoms with van der Waals surface area (Å²) in [6.45, 7) is 20.7. The van der Waals surface area contributed by atoms with Crippen LogP contribution in [0.5, 0.6) is 0 Å². The molecule has 0 heterocycles. The molecule has 0 fully saturated rings. The molecule has 3 unspecified atom stereocenters. The van der Waals surface area contributed by atoms with E-state index < -0.39 is 0 Å². The van der Waals surface area contributed by atoms with E-state index in [1.165, 1.54) is 19.3 Å². The summed E-state index contributed by atoms with van der Waals surface area (Å²) in [5.41, 5.74) is 0.422. The van der Waals surface area contributed by atoms with Crippen LogP contribution in [0.25, 0.3) is 0 Å². The first kappa shape index (κ1) is 16.7. The van der Waals surface area contributed by atoms with E-state index in [-0.39, 0.29) is 0 Å². The molecule has 17 heavy (non-hydrogen) atoms. The normalized spacial score (nSPS) is 17.9. The molecule has 0 aliphatic carbocycles. The van der Waals surface area contributed by atoms with Crippen molar-refractivity contribution in [3.8, 4) is 0 Å². The van der Waals surface area contributed by atoms with Crippen molar-refractivity contribution in [2.24, 2.45) is 29.1 Å². The second kappa shape index (κ2) is 7.24. The molecule has 0 aromatic carbocycles. The number of rotatable bonds is 8. The molecule has 0 heteroatoms. The van der Waals surface area contributed by atoms with E-state index in [0.717, 1.165) is 17.8 Å². The van der Waals surface area contributed by atoms with Gasteiger partial charge in [0.25, 0.3) is 0 Å². The fourth-order valence-corrected chi connectivity index (χ4v) is 3.14. The van der Waals surface area contributed by atoms with Crippen molar-refractivity contribution in [2.45, 2.75) is 67.7 Å². The van der Waals surface area contributed by atoms with Crippen LogP contribution >= 0.6 is 0 Å². The summed E-state index contributed by atoms with van der Waals surface area (Å²) in [7, 11) is 0. The van der Waals surface area contributed by atoms with Gasteiger partial charge in [-0.3, -0.25) is 0 Å². The van der Waals surface area contributed by atoms with Crippen LogP contribution in [0.2, 0.25) is 0 Å². The number of allylic oxidation sites excluding steroid dienone is 1. The van der Waals surface area contributed by atoms with Crippen molar-refractivity contribution in [3.63, 3.8) is 0 Å². The van der Waals surface area contributed by atoms with Crippen LogP contribution in [-0.2, 0) is 0 Å². The van der Waals surface area contributed by atoms with E-state index in [0.29, 0.717) is 11.3 Å². The minimum absolute atomic E-state index is 0.422. The maximum absolute atomic E-state index is 4.13. The molecular formula is C17H34. The number of hydrogen-bond acceptors (Lipinski definition) is 0. The molecule has 0 N–H and O–H groups in total. The highest BCUT2D eigenvalue weighted by Crippen LogP contribution is 2.44. The first-order chi connectivity index (χ1) is 7.87. The lowest BCUT2D eigenvalue weighted by atomic mass is 9.62. The second-order valence-electron chi connectivity index (χ2n) is 6.30. The summed E-state index contributed by atoms with van der Waals surface area (Å²) < 4.78 is 0. The van der Waals surface area contributed by atoms with Gasteiger partial charge >= 0.3 is 0 Å². The van der Waals surface area contributed by atoms with Gasteiger partial charge in [-0.05, 0) is 29.1 Å². The third-order valence-corrected chi connectivity index (χ3v) is 5.33. The molecule has 0 aromatic heterocycles. The summed E-state index contributed by atoms with van der Waals surface area (Å²) in [5.74, 6) is 2.97. The molecule has 0 saturated carbocycles. The zero-order chi connectivity index (χ0) is 13.6. The molecule has 0 rings (SSSR count). The standard InChI is InChI=1S/C17H34/c1-9-15(14(7)13(5)6)16(10-2)17(8,11-3)12-4/h10,13-16H,2,9,11-12H2,1,3-8H3. The van der Waals surface area contributed by atoms with Gasteiger partial charge < -0.3 is 0 Å². The topological polar surface area (TPSA) is 0 Å². The Morgan fingerprint density at radius 2 is 1.53 bits per heavy atom. The minimum atomic E-state index is 0.422. The molecule has 102 valence electrons. The summed E-state index contributed by atoms with van der Waals surface area (Å²) in [6.07, 6.45) is 6.01. The Morgan fingerprint density at radius 1 is 1.06 bits per heavy atom. The van der Waals surface area contributed by atoms with Crippen molar-refractivity contribution in [1.82, 2.24) is 0 Å². The molecule has 0 aromatic rings. The van der Waals surface area contributed by atoms with Crippen molar-refractivity contribution >= 4 is 0 Å². The monoisotopic (exact) mass is 238 g/mol. The Bertz CT molecular complexity index is 210. The van der Waals surface area contributed by atoms with Crippen molar-refractivity contribution in [3.05, 3.63) is 12.7 Å². The van der Waals surface area contributed by atoms with Crippen LogP contribution in [0.3, 0.4) is 0 Å². The van der Waals surface area contributed by atoms with E-state index in [4.69, 9.17) is 0 Å². The van der Waals surface area contributed by atoms with Gasteiger partial charge in [0.2, 0.25) is 0 Å². The van der Waals surface area contributed by atoms with Crippen LogP contribution in [0, 0.1) is 29.1 Å². The third-order valence-electron chi connectivity index (χ3n) is 5.33. The lowest BCUT2D eigenvalue weighted by Gasteiger charge is -2.43. The van der Waals surface area contributed by atoms with Crippen LogP contribution in [-0.4, -0.2) is 0 Å². The highest BCUT2D eigenvalue weighted by Gasteiger charge is 2.36. The average Bonchev–Trinajstić information content (AvgIpc) is 2.33. The van der Waals surface area contributed by atoms with Gasteiger partial charge in [-0.2, -0.15) is 0 Å². The Labute approximate surface area is 110 Å². The van der Waals surface area contributed by atoms with Gasteiger partial charge in [-0.25, -0.2) is 0 Å². The van der Waals surface area contributed by atoms with E-state index >= 15 is 0 Å². The lowest BCUT2D eigenvalue weighted by molar-refractivity contribution is 0.0936. The van der Waals surface area contributed by atoms with Crippen LogP contribution in [0.1, 0.15) is 67.7 Å². The lowest BCUT2D eigenvalue weighted by Crippen LogP contribution is -2.35. The van der Waals surface area contributed by atoms with Crippen molar-refractivity contribution < 1.29 is 0 Å². The molecule has 0 amide bonds. The maximum Gasteiger partial charge on any atom is -0.0151 e. The quantitative estimate of drug-likeness (QED) is 0.459. The molecular weight excluding hydrogens is 204 g/mol. The largest absolute Gasteiger partial charge is 0.103 e. The summed E-state index contributed by atoms with van der Waals surface area (Å²) in [5, 5.41) is 0. The van der Waals surface area contributed by atoms with Gasteiger partial charge in [-0.15, -0.1) is 6.58 Å². The highest BCUT2D eigenvalue weighted by molar-refractivity contribution is 4.96. The SMILES string of the molecule is C=CC(C(CC)C(C)C(C)C)C(C)(CC)CC. The predicted octanol–water partition coefficient (Wildman–Crippen LogP) is 5.93. The smallest absolute Gasteiger partial charge is 0.0151 e. The Kier molecular flexibility index (Phi) is 7.13. The van der Waals surface area contributed by atoms with E-state index in [9.17, 15) is 0 Å². The first-order valence-electron chi connectivity index (χ1n) is 7.50. The van der Waals surface area contributed by atoms with Gasteiger partial charge in [0, 0.05) is 0 Å². The van der Waals surface area contributed by atoms with E-state index in [2.05, 4.69) is 61.1 Å². The fraction of sp³-hybridized carbons (Fsp3) is 0.882. The molecule has 0 aliphatic heterocycles. The third kappa shape index (κ3) is 3.86. The molecule has 3 atom stereocenters. The van der Waals surface area contributed by atoms with Crippen molar-refractivity contribution in [1.29, 1.82) is 0 Å². The zero-order valence-electron chi connectivity index (χ0n) is 13.2. The molecule has 0 bridgehead atoms. The zero-order valence-corrected chi connectivity index (χ0v) is 13.2. The van der Waals surface area contributed by atoms with Gasteiger partial charge in [-0.1, -0.05) is 73.8 Å².